The van der Waals surface area contributed by atoms with Crippen LogP contribution >= 0.6 is 0 Å². The van der Waals surface area contributed by atoms with E-state index in [-0.39, 0.29) is 17.8 Å². The number of carbonyl (C=O) groups excluding carboxylic acids is 1. The molecule has 0 fully saturated rings. The van der Waals surface area contributed by atoms with Crippen LogP contribution in [-0.4, -0.2) is 40.2 Å². The van der Waals surface area contributed by atoms with Crippen molar-refractivity contribution in [2.45, 2.75) is 13.1 Å². The second-order valence-corrected chi connectivity index (χ2v) is 6.19. The van der Waals surface area contributed by atoms with Crippen molar-refractivity contribution in [2.75, 3.05) is 13.1 Å². The highest BCUT2D eigenvalue weighted by atomic mass is 19.1. The Bertz CT molecular complexity index is 982. The Morgan fingerprint density at radius 3 is 2.83 bits per heavy atom. The number of hydrogen-bond donors (Lipinski definition) is 5. The molecule has 8 nitrogen and oxygen atoms in total. The summed E-state index contributed by atoms with van der Waals surface area (Å²) in [5, 5.41) is 16.2. The lowest BCUT2D eigenvalue weighted by Gasteiger charge is -2.07. The highest BCUT2D eigenvalue weighted by Crippen LogP contribution is 2.09. The second-order valence-electron chi connectivity index (χ2n) is 6.19. The molecular weight excluding hydrogens is 373 g/mol. The molecule has 2 aromatic heterocycles. The molecule has 1 amide bonds. The van der Waals surface area contributed by atoms with E-state index in [2.05, 4.69) is 30.9 Å². The number of carbonyl (C=O) groups is 1. The fourth-order valence-electron chi connectivity index (χ4n) is 2.63. The zero-order valence-electron chi connectivity index (χ0n) is 15.7. The van der Waals surface area contributed by atoms with E-state index < -0.39 is 11.7 Å². The average molecular weight is 395 g/mol. The van der Waals surface area contributed by atoms with Crippen LogP contribution in [0.4, 0.5) is 4.39 Å². The van der Waals surface area contributed by atoms with Crippen molar-refractivity contribution in [3.05, 3.63) is 71.7 Å². The first kappa shape index (κ1) is 20.2. The van der Waals surface area contributed by atoms with Crippen LogP contribution in [0.3, 0.4) is 0 Å². The van der Waals surface area contributed by atoms with Gasteiger partial charge in [0.15, 0.2) is 0 Å². The van der Waals surface area contributed by atoms with E-state index in [0.717, 1.165) is 23.1 Å². The number of H-pyrrole nitrogens is 1. The van der Waals surface area contributed by atoms with E-state index in [0.29, 0.717) is 19.6 Å². The predicted octanol–water partition coefficient (Wildman–Crippen LogP) is 1.63. The van der Waals surface area contributed by atoms with Gasteiger partial charge in [-0.3, -0.25) is 9.78 Å². The molecule has 150 valence electrons. The van der Waals surface area contributed by atoms with Crippen LogP contribution in [0, 0.1) is 11.2 Å². The normalized spacial score (nSPS) is 11.4. The van der Waals surface area contributed by atoms with E-state index in [4.69, 9.17) is 5.41 Å². The Morgan fingerprint density at radius 1 is 1.17 bits per heavy atom. The summed E-state index contributed by atoms with van der Waals surface area (Å²) < 4.78 is 13.5. The van der Waals surface area contributed by atoms with Gasteiger partial charge in [-0.1, -0.05) is 12.1 Å². The highest BCUT2D eigenvalue weighted by molar-refractivity contribution is 6.11. The number of imidazole rings is 1. The van der Waals surface area contributed by atoms with Crippen molar-refractivity contribution in [3.8, 4) is 0 Å². The van der Waals surface area contributed by atoms with Gasteiger partial charge in [0.2, 0.25) is 0 Å². The standard InChI is InChI=1S/C20H22FN7O/c21-15-4-3-7-25-18(15)12-26-20(29)14(10-22)11-23-8-9-24-13-19-27-16-5-1-2-6-17(16)28-19/h1-7,10-11,22-24H,8-9,12-13H2,(H,26,29)(H,27,28)/b14-11+,22-10?. The van der Waals surface area contributed by atoms with Gasteiger partial charge < -0.3 is 26.3 Å². The number of fused-ring (bicyclic) bond motifs is 1. The van der Waals surface area contributed by atoms with Crippen molar-refractivity contribution < 1.29 is 9.18 Å². The van der Waals surface area contributed by atoms with Crippen LogP contribution < -0.4 is 16.0 Å². The van der Waals surface area contributed by atoms with Gasteiger partial charge in [-0.25, -0.2) is 9.37 Å². The van der Waals surface area contributed by atoms with E-state index in [9.17, 15) is 9.18 Å². The van der Waals surface area contributed by atoms with Crippen molar-refractivity contribution in [1.82, 2.24) is 30.9 Å². The third kappa shape index (κ3) is 5.69. The summed E-state index contributed by atoms with van der Waals surface area (Å²) in [7, 11) is 0. The van der Waals surface area contributed by atoms with Crippen LogP contribution in [0.1, 0.15) is 11.5 Å². The zero-order chi connectivity index (χ0) is 20.5. The monoisotopic (exact) mass is 395 g/mol. The second kappa shape index (κ2) is 10.1. The van der Waals surface area contributed by atoms with Crippen molar-refractivity contribution in [2.24, 2.45) is 0 Å². The third-order valence-electron chi connectivity index (χ3n) is 4.10. The predicted molar refractivity (Wildman–Crippen MR) is 109 cm³/mol. The molecule has 0 aliphatic rings. The SMILES string of the molecule is N=C/C(=C\NCCNCc1nc2ccccc2[nH]1)C(=O)NCc1ncccc1F. The number of amides is 1. The van der Waals surface area contributed by atoms with E-state index in [1.165, 1.54) is 24.5 Å². The lowest BCUT2D eigenvalue weighted by Crippen LogP contribution is -2.29. The minimum absolute atomic E-state index is 0.0459. The quantitative estimate of drug-likeness (QED) is 0.203. The number of para-hydroxylation sites is 2. The molecule has 1 aromatic carbocycles. The summed E-state index contributed by atoms with van der Waals surface area (Å²) in [5.41, 5.74) is 2.21. The summed E-state index contributed by atoms with van der Waals surface area (Å²) >= 11 is 0. The Labute approximate surface area is 167 Å². The number of nitrogens with zero attached hydrogens (tertiary/aromatic N) is 2. The summed E-state index contributed by atoms with van der Waals surface area (Å²) in [5.74, 6) is -0.113. The summed E-state index contributed by atoms with van der Waals surface area (Å²) in [6.45, 7) is 1.74. The number of nitrogens with one attached hydrogen (secondary N) is 5. The molecule has 0 atom stereocenters. The van der Waals surface area contributed by atoms with Gasteiger partial charge in [0, 0.05) is 31.7 Å². The smallest absolute Gasteiger partial charge is 0.254 e. The molecule has 0 radical (unpaired) electrons. The maximum atomic E-state index is 13.5. The maximum Gasteiger partial charge on any atom is 0.254 e. The fourth-order valence-corrected chi connectivity index (χ4v) is 2.63. The average Bonchev–Trinajstić information content (AvgIpc) is 3.15. The number of halogens is 1. The molecule has 3 rings (SSSR count). The van der Waals surface area contributed by atoms with Crippen LogP contribution in [-0.2, 0) is 17.9 Å². The van der Waals surface area contributed by atoms with Crippen LogP contribution in [0.2, 0.25) is 0 Å². The largest absolute Gasteiger partial charge is 0.389 e. The molecule has 0 saturated heterocycles. The summed E-state index contributed by atoms with van der Waals surface area (Å²) in [4.78, 5) is 23.7. The zero-order valence-corrected chi connectivity index (χ0v) is 15.7. The molecule has 9 heteroatoms. The van der Waals surface area contributed by atoms with Gasteiger partial charge in [0.05, 0.1) is 35.4 Å². The van der Waals surface area contributed by atoms with Gasteiger partial charge >= 0.3 is 0 Å². The fraction of sp³-hybridized carbons (Fsp3) is 0.200. The molecular formula is C20H22FN7O. The van der Waals surface area contributed by atoms with Gasteiger partial charge in [-0.2, -0.15) is 0 Å². The number of benzene rings is 1. The van der Waals surface area contributed by atoms with Crippen LogP contribution in [0.25, 0.3) is 11.0 Å². The molecule has 29 heavy (non-hydrogen) atoms. The molecule has 3 aromatic rings. The highest BCUT2D eigenvalue weighted by Gasteiger charge is 2.09. The van der Waals surface area contributed by atoms with Crippen molar-refractivity contribution in [1.29, 1.82) is 5.41 Å². The molecule has 2 heterocycles. The first-order chi connectivity index (χ1) is 14.2. The van der Waals surface area contributed by atoms with Crippen LogP contribution in [0.15, 0.2) is 54.4 Å². The Morgan fingerprint density at radius 2 is 2.03 bits per heavy atom. The number of pyridine rings is 1. The number of aromatic nitrogens is 3. The van der Waals surface area contributed by atoms with Gasteiger partial charge in [0.25, 0.3) is 5.91 Å². The number of aromatic amines is 1. The topological polar surface area (TPSA) is 119 Å². The van der Waals surface area contributed by atoms with Gasteiger partial charge in [-0.15, -0.1) is 0 Å². The van der Waals surface area contributed by atoms with Gasteiger partial charge in [-0.05, 0) is 24.3 Å². The minimum Gasteiger partial charge on any atom is -0.389 e. The lowest BCUT2D eigenvalue weighted by molar-refractivity contribution is -0.117. The van der Waals surface area contributed by atoms with Crippen molar-refractivity contribution >= 4 is 23.2 Å². The lowest BCUT2D eigenvalue weighted by atomic mass is 10.2. The molecule has 5 N–H and O–H groups in total. The van der Waals surface area contributed by atoms with E-state index in [1.54, 1.807) is 0 Å². The number of rotatable bonds is 10. The van der Waals surface area contributed by atoms with Crippen LogP contribution in [0.5, 0.6) is 0 Å². The summed E-state index contributed by atoms with van der Waals surface area (Å²) in [6, 6.07) is 10.6. The van der Waals surface area contributed by atoms with E-state index >= 15 is 0 Å². The summed E-state index contributed by atoms with van der Waals surface area (Å²) in [6.07, 6.45) is 3.86. The molecule has 0 saturated carbocycles. The molecule has 0 unspecified atom stereocenters. The first-order valence-corrected chi connectivity index (χ1v) is 9.13. The number of hydrogen-bond acceptors (Lipinski definition) is 6. The Hall–Kier alpha value is -3.59. The maximum absolute atomic E-state index is 13.5. The molecule has 0 bridgehead atoms. The van der Waals surface area contributed by atoms with Crippen molar-refractivity contribution in [3.63, 3.8) is 0 Å². The third-order valence-corrected chi connectivity index (χ3v) is 4.10. The minimum atomic E-state index is -0.484. The molecule has 0 aliphatic heterocycles. The first-order valence-electron chi connectivity index (χ1n) is 9.13. The van der Waals surface area contributed by atoms with Gasteiger partial charge in [0.1, 0.15) is 11.6 Å². The Kier molecular flexibility index (Phi) is 7.01. The van der Waals surface area contributed by atoms with E-state index in [1.807, 2.05) is 24.3 Å². The Balaban J connectivity index is 1.39. The molecule has 0 spiro atoms. The molecule has 0 aliphatic carbocycles.